The van der Waals surface area contributed by atoms with Crippen molar-refractivity contribution < 1.29 is 24.1 Å². The number of hydrogen-bond donors (Lipinski definition) is 3. The zero-order valence-corrected chi connectivity index (χ0v) is 13.7. The minimum atomic E-state index is -0.338. The Kier molecular flexibility index (Phi) is 5.92. The molecule has 0 spiro atoms. The second-order valence-electron chi connectivity index (χ2n) is 5.53. The predicted molar refractivity (Wildman–Crippen MR) is 86.5 cm³/mol. The number of carbonyl (C=O) groups is 1. The van der Waals surface area contributed by atoms with Crippen molar-refractivity contribution in [2.75, 3.05) is 26.6 Å². The molecule has 1 aliphatic carbocycles. The summed E-state index contributed by atoms with van der Waals surface area (Å²) in [5.74, 6) is 1.40. The van der Waals surface area contributed by atoms with Gasteiger partial charge in [0.25, 0.3) is 0 Å². The maximum Gasteiger partial charge on any atom is 0.319 e. The van der Waals surface area contributed by atoms with Gasteiger partial charge in [0.05, 0.1) is 33.1 Å². The van der Waals surface area contributed by atoms with Crippen molar-refractivity contribution in [1.82, 2.24) is 5.32 Å². The fourth-order valence-electron chi connectivity index (χ4n) is 2.80. The lowest BCUT2D eigenvalue weighted by Gasteiger charge is -2.26. The highest BCUT2D eigenvalue weighted by atomic mass is 16.5. The zero-order chi connectivity index (χ0) is 16.8. The minimum Gasteiger partial charge on any atom is -0.493 e. The first-order valence-corrected chi connectivity index (χ1v) is 7.63. The molecule has 3 N–H and O–H groups in total. The second kappa shape index (κ2) is 7.92. The number of nitrogens with one attached hydrogen (secondary N) is 2. The Morgan fingerprint density at radius 1 is 1.13 bits per heavy atom. The third-order valence-electron chi connectivity index (χ3n) is 3.90. The second-order valence-corrected chi connectivity index (χ2v) is 5.53. The summed E-state index contributed by atoms with van der Waals surface area (Å²) in [5.41, 5.74) is 0.536. The number of ether oxygens (including phenoxy) is 3. The smallest absolute Gasteiger partial charge is 0.319 e. The number of urea groups is 1. The molecule has 0 saturated heterocycles. The van der Waals surface area contributed by atoms with E-state index in [1.807, 2.05) is 0 Å². The fraction of sp³-hybridized carbons (Fsp3) is 0.562. The van der Waals surface area contributed by atoms with Crippen LogP contribution in [0.4, 0.5) is 10.5 Å². The van der Waals surface area contributed by atoms with Gasteiger partial charge in [0.15, 0.2) is 11.5 Å². The summed E-state index contributed by atoms with van der Waals surface area (Å²) in [4.78, 5) is 12.1. The molecule has 0 unspecified atom stereocenters. The molecule has 0 heterocycles. The van der Waals surface area contributed by atoms with Gasteiger partial charge in [-0.2, -0.15) is 0 Å². The van der Waals surface area contributed by atoms with E-state index in [4.69, 9.17) is 14.2 Å². The molecular weight excluding hydrogens is 300 g/mol. The van der Waals surface area contributed by atoms with Crippen molar-refractivity contribution in [3.63, 3.8) is 0 Å². The number of aliphatic hydroxyl groups excluding tert-OH is 1. The first kappa shape index (κ1) is 17.2. The molecule has 1 aliphatic rings. The number of methoxy groups -OCH3 is 3. The summed E-state index contributed by atoms with van der Waals surface area (Å²) in [6.07, 6.45) is 2.83. The van der Waals surface area contributed by atoms with E-state index < -0.39 is 0 Å². The number of rotatable bonds is 5. The Bertz CT molecular complexity index is 524. The first-order chi connectivity index (χ1) is 11.1. The van der Waals surface area contributed by atoms with Crippen molar-refractivity contribution in [3.8, 4) is 17.2 Å². The third-order valence-corrected chi connectivity index (χ3v) is 3.90. The summed E-state index contributed by atoms with van der Waals surface area (Å²) in [7, 11) is 4.56. The van der Waals surface area contributed by atoms with Gasteiger partial charge in [-0.25, -0.2) is 4.79 Å². The van der Waals surface area contributed by atoms with Crippen molar-refractivity contribution in [2.24, 2.45) is 0 Å². The van der Waals surface area contributed by atoms with Gasteiger partial charge in [0.2, 0.25) is 5.75 Å². The summed E-state index contributed by atoms with van der Waals surface area (Å²) in [6, 6.07) is 2.99. The number of carbonyl (C=O) groups excluding carboxylic acids is 1. The van der Waals surface area contributed by atoms with Crippen LogP contribution in [0.5, 0.6) is 17.2 Å². The SMILES string of the molecule is COc1cc(NC(=O)N[C@H]2CCC[C@@H](O)C2)cc(OC)c1OC. The average molecular weight is 324 g/mol. The number of amides is 2. The number of benzene rings is 1. The van der Waals surface area contributed by atoms with E-state index >= 15 is 0 Å². The van der Waals surface area contributed by atoms with Gasteiger partial charge in [-0.3, -0.25) is 0 Å². The maximum absolute atomic E-state index is 12.1. The lowest BCUT2D eigenvalue weighted by molar-refractivity contribution is 0.114. The average Bonchev–Trinajstić information content (AvgIpc) is 2.53. The molecule has 2 rings (SSSR count). The van der Waals surface area contributed by atoms with Crippen LogP contribution in [0.2, 0.25) is 0 Å². The van der Waals surface area contributed by atoms with Crippen molar-refractivity contribution in [2.45, 2.75) is 37.8 Å². The van der Waals surface area contributed by atoms with Crippen LogP contribution in [-0.2, 0) is 0 Å². The highest BCUT2D eigenvalue weighted by Crippen LogP contribution is 2.39. The molecule has 0 aliphatic heterocycles. The van der Waals surface area contributed by atoms with Crippen LogP contribution < -0.4 is 24.8 Å². The molecule has 0 aromatic heterocycles. The molecule has 7 nitrogen and oxygen atoms in total. The molecule has 1 aromatic carbocycles. The van der Waals surface area contributed by atoms with E-state index in [0.29, 0.717) is 29.4 Å². The van der Waals surface area contributed by atoms with Gasteiger partial charge in [-0.05, 0) is 25.7 Å². The van der Waals surface area contributed by atoms with E-state index in [2.05, 4.69) is 10.6 Å². The molecule has 1 aromatic rings. The summed E-state index contributed by atoms with van der Waals surface area (Å²) < 4.78 is 15.8. The number of hydrogen-bond acceptors (Lipinski definition) is 5. The van der Waals surface area contributed by atoms with Crippen LogP contribution in [0.1, 0.15) is 25.7 Å². The monoisotopic (exact) mass is 324 g/mol. The minimum absolute atomic E-state index is 0.0132. The Balaban J connectivity index is 2.05. The largest absolute Gasteiger partial charge is 0.493 e. The lowest BCUT2D eigenvalue weighted by Crippen LogP contribution is -2.41. The number of aliphatic hydroxyl groups is 1. The fourth-order valence-corrected chi connectivity index (χ4v) is 2.80. The van der Waals surface area contributed by atoms with Gasteiger partial charge >= 0.3 is 6.03 Å². The van der Waals surface area contributed by atoms with Gasteiger partial charge in [0, 0.05) is 18.2 Å². The molecule has 1 saturated carbocycles. The molecule has 128 valence electrons. The Morgan fingerprint density at radius 2 is 1.78 bits per heavy atom. The Morgan fingerprint density at radius 3 is 2.30 bits per heavy atom. The zero-order valence-electron chi connectivity index (χ0n) is 13.7. The Labute approximate surface area is 135 Å². The number of anilines is 1. The Hall–Kier alpha value is -2.15. The van der Waals surface area contributed by atoms with Crippen LogP contribution in [0.15, 0.2) is 12.1 Å². The third kappa shape index (κ3) is 4.41. The van der Waals surface area contributed by atoms with E-state index in [1.165, 1.54) is 21.3 Å². The van der Waals surface area contributed by atoms with Crippen molar-refractivity contribution in [3.05, 3.63) is 12.1 Å². The van der Waals surface area contributed by atoms with Gasteiger partial charge in [0.1, 0.15) is 0 Å². The van der Waals surface area contributed by atoms with Gasteiger partial charge < -0.3 is 30.0 Å². The van der Waals surface area contributed by atoms with Crippen LogP contribution >= 0.6 is 0 Å². The normalized spacial score (nSPS) is 20.5. The summed E-state index contributed by atoms with van der Waals surface area (Å²) in [6.45, 7) is 0. The molecule has 0 radical (unpaired) electrons. The van der Waals surface area contributed by atoms with E-state index in [0.717, 1.165) is 19.3 Å². The van der Waals surface area contributed by atoms with Crippen molar-refractivity contribution in [1.29, 1.82) is 0 Å². The molecule has 2 atom stereocenters. The van der Waals surface area contributed by atoms with E-state index in [-0.39, 0.29) is 18.2 Å². The molecule has 7 heteroatoms. The van der Waals surface area contributed by atoms with Crippen LogP contribution in [0.25, 0.3) is 0 Å². The highest BCUT2D eigenvalue weighted by Gasteiger charge is 2.22. The van der Waals surface area contributed by atoms with Crippen molar-refractivity contribution >= 4 is 11.7 Å². The van der Waals surface area contributed by atoms with Gasteiger partial charge in [-0.15, -0.1) is 0 Å². The standard InChI is InChI=1S/C16H24N2O5/c1-21-13-8-11(9-14(22-2)15(13)23-3)18-16(20)17-10-5-4-6-12(19)7-10/h8-10,12,19H,4-7H2,1-3H3,(H2,17,18,20)/t10-,12+/m0/s1. The molecule has 23 heavy (non-hydrogen) atoms. The molecule has 2 amide bonds. The maximum atomic E-state index is 12.1. The highest BCUT2D eigenvalue weighted by molar-refractivity contribution is 5.90. The molecule has 0 bridgehead atoms. The van der Waals surface area contributed by atoms with E-state index in [1.54, 1.807) is 12.1 Å². The van der Waals surface area contributed by atoms with Crippen LogP contribution in [-0.4, -0.2) is 44.6 Å². The quantitative estimate of drug-likeness (QED) is 0.772. The first-order valence-electron chi connectivity index (χ1n) is 7.63. The predicted octanol–water partition coefficient (Wildman–Crippen LogP) is 2.14. The summed E-state index contributed by atoms with van der Waals surface area (Å²) >= 11 is 0. The lowest BCUT2D eigenvalue weighted by atomic mass is 9.93. The molecular formula is C16H24N2O5. The van der Waals surface area contributed by atoms with Crippen LogP contribution in [0.3, 0.4) is 0 Å². The van der Waals surface area contributed by atoms with Gasteiger partial charge in [-0.1, -0.05) is 0 Å². The molecule has 1 fully saturated rings. The van der Waals surface area contributed by atoms with E-state index in [9.17, 15) is 9.90 Å². The summed E-state index contributed by atoms with van der Waals surface area (Å²) in [5, 5.41) is 15.3. The topological polar surface area (TPSA) is 89.1 Å². The van der Waals surface area contributed by atoms with Crippen LogP contribution in [0, 0.1) is 0 Å².